The summed E-state index contributed by atoms with van der Waals surface area (Å²) in [6.45, 7) is 19.4. The van der Waals surface area contributed by atoms with Crippen LogP contribution in [0.3, 0.4) is 0 Å². The average molecular weight is 777 g/mol. The summed E-state index contributed by atoms with van der Waals surface area (Å²) < 4.78 is 50.5. The van der Waals surface area contributed by atoms with Gasteiger partial charge in [-0.15, -0.1) is 0 Å². The van der Waals surface area contributed by atoms with Gasteiger partial charge in [0.25, 0.3) is 0 Å². The van der Waals surface area contributed by atoms with E-state index in [2.05, 4.69) is 18.7 Å². The number of hydrogen-bond donors (Lipinski definition) is 3. The molecule has 0 bridgehead atoms. The van der Waals surface area contributed by atoms with Gasteiger partial charge in [0.1, 0.15) is 30.0 Å². The molecule has 0 aliphatic carbocycles. The molecule has 0 saturated carbocycles. The molecule has 3 N–H and O–H groups in total. The van der Waals surface area contributed by atoms with E-state index < -0.39 is 89.9 Å². The molecule has 318 valence electrons. The number of carbonyl (C=O) groups excluding carboxylic acids is 1. The molecule has 14 nitrogen and oxygen atoms in total. The van der Waals surface area contributed by atoms with E-state index in [1.54, 1.807) is 41.9 Å². The first-order chi connectivity index (χ1) is 25.0. The second-order valence-electron chi connectivity index (χ2n) is 17.5. The second-order valence-corrected chi connectivity index (χ2v) is 17.5. The lowest BCUT2D eigenvalue weighted by Gasteiger charge is -2.48. The van der Waals surface area contributed by atoms with Gasteiger partial charge in [-0.25, -0.2) is 0 Å². The van der Waals surface area contributed by atoms with Crippen LogP contribution in [0.4, 0.5) is 0 Å². The maximum Gasteiger partial charge on any atom is 0.311 e. The molecule has 0 aromatic carbocycles. The predicted octanol–water partition coefficient (Wildman–Crippen LogP) is 3.21. The predicted molar refractivity (Wildman–Crippen MR) is 204 cm³/mol. The summed E-state index contributed by atoms with van der Waals surface area (Å²) in [5, 5.41) is 35.2. The number of aliphatic hydroxyl groups excluding tert-OH is 2. The van der Waals surface area contributed by atoms with Crippen molar-refractivity contribution in [3.05, 3.63) is 0 Å². The summed E-state index contributed by atoms with van der Waals surface area (Å²) in [4.78, 5) is 18.6. The van der Waals surface area contributed by atoms with Crippen molar-refractivity contribution in [2.45, 2.75) is 185 Å². The average Bonchev–Trinajstić information content (AvgIpc) is 3.10. The third-order valence-electron chi connectivity index (χ3n) is 12.8. The largest absolute Gasteiger partial charge is 0.459 e. The highest BCUT2D eigenvalue weighted by atomic mass is 16.7. The van der Waals surface area contributed by atoms with Gasteiger partial charge in [-0.3, -0.25) is 4.79 Å². The molecule has 3 rings (SSSR count). The van der Waals surface area contributed by atoms with Gasteiger partial charge in [-0.05, 0) is 94.8 Å². The summed E-state index contributed by atoms with van der Waals surface area (Å²) in [7, 11) is 10.6. The standard InChI is InChI=1S/C40H76N2O12/c1-17-29-40(10,49-16)35(47-14)26(6)42(13)21-22(2)19-38(8,46)34(54-37-31(43)28(41(11)12)18-23(3)50-37)24(4)32(25(5)36(45)52-29)53-30-20-39(9,48-15)33(44)27(7)51-30/h22-35,37,43-44,46H,17-21H2,1-16H3/t22-,23-,24+,25-,26-,27-,28-,29-,30+,31-,32+,33+,34-,35-,37+,38-,39-,40-/m1/s1. The number of carbonyl (C=O) groups is 1. The van der Waals surface area contributed by atoms with Crippen LogP contribution in [0.1, 0.15) is 94.9 Å². The lowest BCUT2D eigenvalue weighted by atomic mass is 9.77. The monoisotopic (exact) mass is 777 g/mol. The van der Waals surface area contributed by atoms with Crippen molar-refractivity contribution >= 4 is 5.97 Å². The number of esters is 1. The molecule has 3 fully saturated rings. The molecular weight excluding hydrogens is 700 g/mol. The summed E-state index contributed by atoms with van der Waals surface area (Å²) in [5.41, 5.74) is -3.52. The zero-order valence-electron chi connectivity index (χ0n) is 36.1. The minimum absolute atomic E-state index is 0.0455. The minimum atomic E-state index is -1.50. The Balaban J connectivity index is 2.21. The number of nitrogens with zero attached hydrogens (tertiary/aromatic N) is 2. The first-order valence-electron chi connectivity index (χ1n) is 19.9. The van der Waals surface area contributed by atoms with Crippen molar-refractivity contribution in [2.24, 2.45) is 17.8 Å². The van der Waals surface area contributed by atoms with E-state index in [9.17, 15) is 20.1 Å². The molecule has 14 heteroatoms. The van der Waals surface area contributed by atoms with E-state index in [4.69, 9.17) is 37.9 Å². The van der Waals surface area contributed by atoms with E-state index in [0.29, 0.717) is 25.8 Å². The van der Waals surface area contributed by atoms with Crippen LogP contribution in [0.5, 0.6) is 0 Å². The van der Waals surface area contributed by atoms with Gasteiger partial charge in [0.15, 0.2) is 12.6 Å². The van der Waals surface area contributed by atoms with Gasteiger partial charge in [-0.2, -0.15) is 0 Å². The van der Waals surface area contributed by atoms with Crippen LogP contribution in [-0.4, -0.2) is 170 Å². The molecule has 0 amide bonds. The highest BCUT2D eigenvalue weighted by Crippen LogP contribution is 2.40. The maximum absolute atomic E-state index is 14.5. The summed E-state index contributed by atoms with van der Waals surface area (Å²) >= 11 is 0. The molecule has 0 aromatic rings. The normalized spacial score (nSPS) is 48.2. The molecule has 0 unspecified atom stereocenters. The fourth-order valence-electron chi connectivity index (χ4n) is 9.38. The molecule has 3 aliphatic heterocycles. The topological polar surface area (TPSA) is 158 Å². The lowest BCUT2D eigenvalue weighted by molar-refractivity contribution is -0.318. The fourth-order valence-corrected chi connectivity index (χ4v) is 9.38. The molecular formula is C40H76N2O12. The smallest absolute Gasteiger partial charge is 0.311 e. The van der Waals surface area contributed by atoms with Crippen molar-refractivity contribution < 1.29 is 58.0 Å². The minimum Gasteiger partial charge on any atom is -0.459 e. The molecule has 54 heavy (non-hydrogen) atoms. The van der Waals surface area contributed by atoms with Gasteiger partial charge >= 0.3 is 5.97 Å². The van der Waals surface area contributed by atoms with Crippen molar-refractivity contribution in [1.82, 2.24) is 9.80 Å². The number of ether oxygens (including phenoxy) is 8. The highest BCUT2D eigenvalue weighted by molar-refractivity contribution is 5.73. The number of methoxy groups -OCH3 is 3. The van der Waals surface area contributed by atoms with Crippen LogP contribution in [0, 0.1) is 17.8 Å². The SMILES string of the molecule is CC[C@H]1OC(=O)[C@H](C)[C@@H](O[C@H]2C[C@@](C)(OC)[C@@H](O)[C@@H](C)O2)[C@H](C)[C@@H](O[C@@H]2O[C@H](C)C[C@@H](N(C)C)[C@H]2O)[C@](C)(O)C[C@@H](C)CN(C)[C@H](C)[C@@H](OC)[C@]1(C)OC. The van der Waals surface area contributed by atoms with Crippen molar-refractivity contribution in [1.29, 1.82) is 0 Å². The van der Waals surface area contributed by atoms with E-state index in [0.717, 1.165) is 0 Å². The van der Waals surface area contributed by atoms with E-state index in [-0.39, 0.29) is 30.5 Å². The van der Waals surface area contributed by atoms with Crippen LogP contribution < -0.4 is 0 Å². The third-order valence-corrected chi connectivity index (χ3v) is 12.8. The summed E-state index contributed by atoms with van der Waals surface area (Å²) in [6, 6.07) is -0.419. The van der Waals surface area contributed by atoms with Crippen molar-refractivity contribution in [2.75, 3.05) is 49.0 Å². The summed E-state index contributed by atoms with van der Waals surface area (Å²) in [5.74, 6) is -2.18. The Bertz CT molecular complexity index is 1180. The van der Waals surface area contributed by atoms with Crippen LogP contribution >= 0.6 is 0 Å². The van der Waals surface area contributed by atoms with Crippen LogP contribution in [0.25, 0.3) is 0 Å². The number of likely N-dealkylation sites (N-methyl/N-ethyl adjacent to an activating group) is 2. The van der Waals surface area contributed by atoms with E-state index in [1.807, 2.05) is 53.7 Å². The van der Waals surface area contributed by atoms with Gasteiger partial charge in [0.2, 0.25) is 0 Å². The summed E-state index contributed by atoms with van der Waals surface area (Å²) in [6.07, 6.45) is -6.38. The number of rotatable bonds is 9. The van der Waals surface area contributed by atoms with Gasteiger partial charge < -0.3 is 63.0 Å². The molecule has 0 radical (unpaired) electrons. The van der Waals surface area contributed by atoms with Crippen LogP contribution in [0.2, 0.25) is 0 Å². The van der Waals surface area contributed by atoms with E-state index >= 15 is 0 Å². The van der Waals surface area contributed by atoms with Crippen molar-refractivity contribution in [3.8, 4) is 0 Å². The van der Waals surface area contributed by atoms with Gasteiger partial charge in [-0.1, -0.05) is 20.8 Å². The zero-order valence-corrected chi connectivity index (χ0v) is 36.1. The maximum atomic E-state index is 14.5. The van der Waals surface area contributed by atoms with E-state index in [1.165, 1.54) is 7.11 Å². The number of aliphatic hydroxyl groups is 3. The first kappa shape index (κ1) is 47.4. The Labute approximate surface area is 325 Å². The molecule has 3 aliphatic rings. The Kier molecular flexibility index (Phi) is 16.8. The number of cyclic esters (lactones) is 1. The fraction of sp³-hybridized carbons (Fsp3) is 0.975. The molecule has 3 heterocycles. The third kappa shape index (κ3) is 10.3. The number of hydrogen-bond acceptors (Lipinski definition) is 14. The highest BCUT2D eigenvalue weighted by Gasteiger charge is 2.53. The van der Waals surface area contributed by atoms with Gasteiger partial charge in [0, 0.05) is 52.3 Å². The van der Waals surface area contributed by atoms with Gasteiger partial charge in [0.05, 0.1) is 41.5 Å². The Morgan fingerprint density at radius 3 is 2.09 bits per heavy atom. The van der Waals surface area contributed by atoms with Crippen molar-refractivity contribution in [3.63, 3.8) is 0 Å². The van der Waals surface area contributed by atoms with Crippen LogP contribution in [0.15, 0.2) is 0 Å². The lowest BCUT2D eigenvalue weighted by Crippen LogP contribution is -2.61. The Hall–Kier alpha value is -1.01. The Morgan fingerprint density at radius 2 is 1.56 bits per heavy atom. The molecule has 0 aromatic heterocycles. The second kappa shape index (κ2) is 19.2. The Morgan fingerprint density at radius 1 is 0.926 bits per heavy atom. The first-order valence-corrected chi connectivity index (χ1v) is 19.9. The quantitative estimate of drug-likeness (QED) is 0.293. The van der Waals surface area contributed by atoms with Crippen LogP contribution in [-0.2, 0) is 42.7 Å². The molecule has 18 atom stereocenters. The molecule has 3 saturated heterocycles. The molecule has 0 spiro atoms. The zero-order chi connectivity index (χ0) is 41.1.